The first-order valence-electron chi connectivity index (χ1n) is 8.89. The van der Waals surface area contributed by atoms with Crippen LogP contribution < -0.4 is 5.32 Å². The SMILES string of the molecule is O=C(O[C@H](C(=O)NC1CC1)c1ccccc1)c1ccc2c(c1)CCC2. The van der Waals surface area contributed by atoms with Gasteiger partial charge in [0.15, 0.2) is 0 Å². The molecule has 1 amide bonds. The summed E-state index contributed by atoms with van der Waals surface area (Å²) in [6, 6.07) is 15.1. The summed E-state index contributed by atoms with van der Waals surface area (Å²) in [6.45, 7) is 0. The maximum Gasteiger partial charge on any atom is 0.339 e. The van der Waals surface area contributed by atoms with Crippen molar-refractivity contribution >= 4 is 11.9 Å². The number of benzene rings is 2. The Morgan fingerprint density at radius 2 is 1.76 bits per heavy atom. The van der Waals surface area contributed by atoms with Crippen LogP contribution in [0.3, 0.4) is 0 Å². The maximum atomic E-state index is 12.6. The van der Waals surface area contributed by atoms with E-state index in [1.54, 1.807) is 6.07 Å². The van der Waals surface area contributed by atoms with Crippen LogP contribution >= 0.6 is 0 Å². The molecule has 1 fully saturated rings. The van der Waals surface area contributed by atoms with Gasteiger partial charge in [-0.2, -0.15) is 0 Å². The summed E-state index contributed by atoms with van der Waals surface area (Å²) in [7, 11) is 0. The van der Waals surface area contributed by atoms with Crippen molar-refractivity contribution in [2.45, 2.75) is 44.2 Å². The standard InChI is InChI=1S/C21H21NO3/c23-20(22-18-11-12-18)19(15-5-2-1-3-6-15)25-21(24)17-10-9-14-7-4-8-16(14)13-17/h1-3,5-6,9-10,13,18-19H,4,7-8,11-12H2,(H,22,23)/t19-/m0/s1. The molecule has 0 radical (unpaired) electrons. The van der Waals surface area contributed by atoms with Crippen LogP contribution in [0.2, 0.25) is 0 Å². The van der Waals surface area contributed by atoms with Crippen LogP contribution in [0.4, 0.5) is 0 Å². The van der Waals surface area contributed by atoms with Gasteiger partial charge in [0.1, 0.15) is 0 Å². The molecule has 128 valence electrons. The molecule has 4 heteroatoms. The number of hydrogen-bond donors (Lipinski definition) is 1. The Bertz CT molecular complexity index is 796. The van der Waals surface area contributed by atoms with Gasteiger partial charge < -0.3 is 10.1 Å². The third-order valence-electron chi connectivity index (χ3n) is 4.82. The molecule has 4 nitrogen and oxygen atoms in total. The molecule has 0 aliphatic heterocycles. The van der Waals surface area contributed by atoms with Gasteiger partial charge in [0.25, 0.3) is 5.91 Å². The molecule has 25 heavy (non-hydrogen) atoms. The minimum atomic E-state index is -0.914. The van der Waals surface area contributed by atoms with E-state index in [9.17, 15) is 9.59 Å². The number of carbonyl (C=O) groups is 2. The minimum Gasteiger partial charge on any atom is -0.444 e. The van der Waals surface area contributed by atoms with Crippen molar-refractivity contribution in [3.8, 4) is 0 Å². The van der Waals surface area contributed by atoms with Crippen molar-refractivity contribution < 1.29 is 14.3 Å². The van der Waals surface area contributed by atoms with E-state index in [-0.39, 0.29) is 11.9 Å². The molecule has 1 N–H and O–H groups in total. The van der Waals surface area contributed by atoms with Crippen molar-refractivity contribution in [1.29, 1.82) is 0 Å². The monoisotopic (exact) mass is 335 g/mol. The van der Waals surface area contributed by atoms with Gasteiger partial charge in [-0.05, 0) is 55.4 Å². The van der Waals surface area contributed by atoms with Gasteiger partial charge in [0, 0.05) is 11.6 Å². The Morgan fingerprint density at radius 1 is 1.00 bits per heavy atom. The van der Waals surface area contributed by atoms with E-state index in [2.05, 4.69) is 5.32 Å². The molecule has 4 rings (SSSR count). The van der Waals surface area contributed by atoms with Gasteiger partial charge in [-0.15, -0.1) is 0 Å². The third kappa shape index (κ3) is 3.58. The van der Waals surface area contributed by atoms with E-state index in [0.717, 1.165) is 32.1 Å². The van der Waals surface area contributed by atoms with Gasteiger partial charge in [-0.25, -0.2) is 4.79 Å². The van der Waals surface area contributed by atoms with E-state index < -0.39 is 12.1 Å². The molecule has 0 saturated heterocycles. The fraction of sp³-hybridized carbons (Fsp3) is 0.333. The van der Waals surface area contributed by atoms with Crippen LogP contribution in [0, 0.1) is 0 Å². The molecular weight excluding hydrogens is 314 g/mol. The smallest absolute Gasteiger partial charge is 0.339 e. The molecule has 0 spiro atoms. The van der Waals surface area contributed by atoms with Gasteiger partial charge in [0.05, 0.1) is 5.56 Å². The van der Waals surface area contributed by atoms with Crippen molar-refractivity contribution in [3.05, 3.63) is 70.8 Å². The lowest BCUT2D eigenvalue weighted by molar-refractivity contribution is -0.130. The quantitative estimate of drug-likeness (QED) is 0.853. The predicted octanol–water partition coefficient (Wildman–Crippen LogP) is 3.35. The molecule has 2 aliphatic carbocycles. The first kappa shape index (κ1) is 15.9. The molecule has 0 bridgehead atoms. The summed E-state index contributed by atoms with van der Waals surface area (Å²) < 4.78 is 5.62. The largest absolute Gasteiger partial charge is 0.444 e. The number of amides is 1. The van der Waals surface area contributed by atoms with Crippen LogP contribution in [0.25, 0.3) is 0 Å². The number of esters is 1. The maximum absolute atomic E-state index is 12.6. The second kappa shape index (κ2) is 6.71. The average Bonchev–Trinajstić information content (AvgIpc) is 3.32. The summed E-state index contributed by atoms with van der Waals surface area (Å²) in [5.41, 5.74) is 3.73. The summed E-state index contributed by atoms with van der Waals surface area (Å²) in [5, 5.41) is 2.93. The summed E-state index contributed by atoms with van der Waals surface area (Å²) in [6.07, 6.45) is 4.27. The molecule has 0 aromatic heterocycles. The highest BCUT2D eigenvalue weighted by Crippen LogP contribution is 2.26. The Balaban J connectivity index is 1.55. The normalized spacial score (nSPS) is 16.8. The van der Waals surface area contributed by atoms with Crippen molar-refractivity contribution in [2.24, 2.45) is 0 Å². The summed E-state index contributed by atoms with van der Waals surface area (Å²) in [5.74, 6) is -0.697. The fourth-order valence-electron chi connectivity index (χ4n) is 3.28. The van der Waals surface area contributed by atoms with Crippen LogP contribution in [0.5, 0.6) is 0 Å². The highest BCUT2D eigenvalue weighted by molar-refractivity contribution is 5.93. The minimum absolute atomic E-state index is 0.220. The van der Waals surface area contributed by atoms with Crippen LogP contribution in [0.1, 0.15) is 52.4 Å². The van der Waals surface area contributed by atoms with Crippen LogP contribution in [0.15, 0.2) is 48.5 Å². The van der Waals surface area contributed by atoms with E-state index >= 15 is 0 Å². The first-order valence-corrected chi connectivity index (χ1v) is 8.89. The summed E-state index contributed by atoms with van der Waals surface area (Å²) in [4.78, 5) is 25.2. The second-order valence-corrected chi connectivity index (χ2v) is 6.82. The molecule has 1 atom stereocenters. The Morgan fingerprint density at radius 3 is 2.52 bits per heavy atom. The lowest BCUT2D eigenvalue weighted by atomic mass is 10.1. The molecular formula is C21H21NO3. The van der Waals surface area contributed by atoms with E-state index in [1.165, 1.54) is 11.1 Å². The molecule has 2 aromatic carbocycles. The zero-order chi connectivity index (χ0) is 17.2. The van der Waals surface area contributed by atoms with Crippen LogP contribution in [-0.4, -0.2) is 17.9 Å². The molecule has 1 saturated carbocycles. The number of carbonyl (C=O) groups excluding carboxylic acids is 2. The van der Waals surface area contributed by atoms with Crippen molar-refractivity contribution in [2.75, 3.05) is 0 Å². The second-order valence-electron chi connectivity index (χ2n) is 6.82. The number of fused-ring (bicyclic) bond motifs is 1. The van der Waals surface area contributed by atoms with Crippen molar-refractivity contribution in [1.82, 2.24) is 5.32 Å². The van der Waals surface area contributed by atoms with E-state index in [1.807, 2.05) is 42.5 Å². The van der Waals surface area contributed by atoms with E-state index in [4.69, 9.17) is 4.74 Å². The summed E-state index contributed by atoms with van der Waals surface area (Å²) >= 11 is 0. The molecule has 2 aromatic rings. The Hall–Kier alpha value is -2.62. The predicted molar refractivity (Wildman–Crippen MR) is 94.2 cm³/mol. The first-order chi connectivity index (χ1) is 12.2. The van der Waals surface area contributed by atoms with Gasteiger partial charge in [0.2, 0.25) is 6.10 Å². The third-order valence-corrected chi connectivity index (χ3v) is 4.82. The highest BCUT2D eigenvalue weighted by atomic mass is 16.5. The zero-order valence-corrected chi connectivity index (χ0v) is 14.0. The van der Waals surface area contributed by atoms with Gasteiger partial charge in [-0.3, -0.25) is 4.79 Å². The number of aryl methyl sites for hydroxylation is 2. The van der Waals surface area contributed by atoms with E-state index in [0.29, 0.717) is 11.1 Å². The zero-order valence-electron chi connectivity index (χ0n) is 14.0. The fourth-order valence-corrected chi connectivity index (χ4v) is 3.28. The number of rotatable bonds is 5. The average molecular weight is 335 g/mol. The number of ether oxygens (including phenoxy) is 1. The van der Waals surface area contributed by atoms with Gasteiger partial charge >= 0.3 is 5.97 Å². The topological polar surface area (TPSA) is 55.4 Å². The molecule has 2 aliphatic rings. The van der Waals surface area contributed by atoms with Crippen molar-refractivity contribution in [3.63, 3.8) is 0 Å². The Kier molecular flexibility index (Phi) is 4.26. The van der Waals surface area contributed by atoms with Crippen LogP contribution in [-0.2, 0) is 22.4 Å². The molecule has 0 heterocycles. The lowest BCUT2D eigenvalue weighted by Gasteiger charge is -2.18. The number of nitrogens with one attached hydrogen (secondary N) is 1. The Labute approximate surface area is 147 Å². The van der Waals surface area contributed by atoms with Gasteiger partial charge in [-0.1, -0.05) is 36.4 Å². The highest BCUT2D eigenvalue weighted by Gasteiger charge is 2.31. The lowest BCUT2D eigenvalue weighted by Crippen LogP contribution is -2.33. The number of hydrogen-bond acceptors (Lipinski definition) is 3. The molecule has 0 unspecified atom stereocenters.